The second kappa shape index (κ2) is 6.21. The zero-order chi connectivity index (χ0) is 11.9. The average molecular weight is 229 g/mol. The van der Waals surface area contributed by atoms with Gasteiger partial charge >= 0.3 is 0 Å². The van der Waals surface area contributed by atoms with E-state index < -0.39 is 0 Å². The number of rotatable bonds is 6. The Morgan fingerprint density at radius 2 is 2.00 bits per heavy atom. The SMILES string of the molecule is CNCCCCc1cnn(-c2ccccc2)c1. The van der Waals surface area contributed by atoms with Crippen molar-refractivity contribution in [2.75, 3.05) is 13.6 Å². The Morgan fingerprint density at radius 3 is 2.76 bits per heavy atom. The molecule has 0 bridgehead atoms. The van der Waals surface area contributed by atoms with E-state index >= 15 is 0 Å². The molecule has 3 nitrogen and oxygen atoms in total. The molecule has 0 saturated carbocycles. The Bertz CT molecular complexity index is 434. The van der Waals surface area contributed by atoms with E-state index in [1.807, 2.05) is 36.1 Å². The topological polar surface area (TPSA) is 29.9 Å². The molecule has 1 heterocycles. The van der Waals surface area contributed by atoms with Gasteiger partial charge in [-0.05, 0) is 50.6 Å². The summed E-state index contributed by atoms with van der Waals surface area (Å²) in [6.07, 6.45) is 7.62. The minimum absolute atomic E-state index is 1.09. The summed E-state index contributed by atoms with van der Waals surface area (Å²) in [5, 5.41) is 7.55. The van der Waals surface area contributed by atoms with E-state index in [9.17, 15) is 0 Å². The van der Waals surface area contributed by atoms with Gasteiger partial charge in [-0.15, -0.1) is 0 Å². The molecule has 2 rings (SSSR count). The number of aromatic nitrogens is 2. The summed E-state index contributed by atoms with van der Waals surface area (Å²) < 4.78 is 1.94. The summed E-state index contributed by atoms with van der Waals surface area (Å²) >= 11 is 0. The summed E-state index contributed by atoms with van der Waals surface area (Å²) in [6.45, 7) is 1.09. The molecular weight excluding hydrogens is 210 g/mol. The van der Waals surface area contributed by atoms with Crippen LogP contribution in [0.25, 0.3) is 5.69 Å². The van der Waals surface area contributed by atoms with Crippen molar-refractivity contribution in [1.29, 1.82) is 0 Å². The molecule has 0 fully saturated rings. The van der Waals surface area contributed by atoms with Crippen molar-refractivity contribution in [2.24, 2.45) is 0 Å². The molecule has 0 radical (unpaired) electrons. The molecule has 0 aliphatic carbocycles. The van der Waals surface area contributed by atoms with Crippen molar-refractivity contribution >= 4 is 0 Å². The number of nitrogens with one attached hydrogen (secondary N) is 1. The molecule has 1 N–H and O–H groups in total. The van der Waals surface area contributed by atoms with Crippen LogP contribution in [0, 0.1) is 0 Å². The van der Waals surface area contributed by atoms with Crippen molar-refractivity contribution in [2.45, 2.75) is 19.3 Å². The van der Waals surface area contributed by atoms with E-state index in [0.717, 1.165) is 18.7 Å². The van der Waals surface area contributed by atoms with Crippen LogP contribution in [0.5, 0.6) is 0 Å². The maximum absolute atomic E-state index is 4.39. The minimum atomic E-state index is 1.09. The molecule has 0 amide bonds. The number of hydrogen-bond acceptors (Lipinski definition) is 2. The maximum atomic E-state index is 4.39. The number of aryl methyl sites for hydroxylation is 1. The number of hydrogen-bond donors (Lipinski definition) is 1. The summed E-state index contributed by atoms with van der Waals surface area (Å²) in [4.78, 5) is 0. The molecule has 0 aliphatic heterocycles. The zero-order valence-electron chi connectivity index (χ0n) is 10.3. The van der Waals surface area contributed by atoms with E-state index in [1.165, 1.54) is 18.4 Å². The Balaban J connectivity index is 1.92. The largest absolute Gasteiger partial charge is 0.320 e. The monoisotopic (exact) mass is 229 g/mol. The fourth-order valence-corrected chi connectivity index (χ4v) is 1.84. The first-order valence-corrected chi connectivity index (χ1v) is 6.14. The van der Waals surface area contributed by atoms with Gasteiger partial charge in [0.2, 0.25) is 0 Å². The van der Waals surface area contributed by atoms with E-state index in [-0.39, 0.29) is 0 Å². The number of nitrogens with zero attached hydrogens (tertiary/aromatic N) is 2. The molecule has 0 atom stereocenters. The molecule has 1 aromatic heterocycles. The van der Waals surface area contributed by atoms with Gasteiger partial charge in [-0.1, -0.05) is 18.2 Å². The van der Waals surface area contributed by atoms with E-state index in [0.29, 0.717) is 0 Å². The van der Waals surface area contributed by atoms with Crippen LogP contribution >= 0.6 is 0 Å². The molecule has 3 heteroatoms. The molecule has 0 spiro atoms. The van der Waals surface area contributed by atoms with Crippen molar-refractivity contribution in [3.8, 4) is 5.69 Å². The first-order valence-electron chi connectivity index (χ1n) is 6.14. The van der Waals surface area contributed by atoms with Gasteiger partial charge in [-0.3, -0.25) is 0 Å². The van der Waals surface area contributed by atoms with Crippen molar-refractivity contribution < 1.29 is 0 Å². The van der Waals surface area contributed by atoms with Crippen molar-refractivity contribution in [3.05, 3.63) is 48.3 Å². The molecule has 0 aliphatic rings. The van der Waals surface area contributed by atoms with Crippen molar-refractivity contribution in [1.82, 2.24) is 15.1 Å². The highest BCUT2D eigenvalue weighted by atomic mass is 15.3. The summed E-state index contributed by atoms with van der Waals surface area (Å²) in [7, 11) is 1.99. The van der Waals surface area contributed by atoms with E-state index in [4.69, 9.17) is 0 Å². The number of para-hydroxylation sites is 1. The predicted octanol–water partition coefficient (Wildman–Crippen LogP) is 2.41. The Hall–Kier alpha value is -1.61. The van der Waals surface area contributed by atoms with Crippen LogP contribution in [-0.4, -0.2) is 23.4 Å². The third-order valence-electron chi connectivity index (χ3n) is 2.80. The van der Waals surface area contributed by atoms with Gasteiger partial charge < -0.3 is 5.32 Å². The van der Waals surface area contributed by atoms with Gasteiger partial charge in [0.15, 0.2) is 0 Å². The molecular formula is C14H19N3. The highest BCUT2D eigenvalue weighted by Gasteiger charge is 2.00. The van der Waals surface area contributed by atoms with Gasteiger partial charge in [-0.25, -0.2) is 4.68 Å². The molecule has 1 aromatic carbocycles. The van der Waals surface area contributed by atoms with Crippen LogP contribution in [-0.2, 0) is 6.42 Å². The quantitative estimate of drug-likeness (QED) is 0.771. The second-order valence-corrected chi connectivity index (χ2v) is 4.19. The molecule has 17 heavy (non-hydrogen) atoms. The smallest absolute Gasteiger partial charge is 0.0645 e. The highest BCUT2D eigenvalue weighted by molar-refractivity contribution is 5.30. The molecule has 0 unspecified atom stereocenters. The van der Waals surface area contributed by atoms with Gasteiger partial charge in [0, 0.05) is 6.20 Å². The summed E-state index contributed by atoms with van der Waals surface area (Å²) in [5.74, 6) is 0. The lowest BCUT2D eigenvalue weighted by atomic mass is 10.1. The Kier molecular flexibility index (Phi) is 4.33. The van der Waals surface area contributed by atoms with Crippen LogP contribution in [0.15, 0.2) is 42.7 Å². The summed E-state index contributed by atoms with van der Waals surface area (Å²) in [5.41, 5.74) is 2.43. The van der Waals surface area contributed by atoms with Crippen LogP contribution in [0.3, 0.4) is 0 Å². The lowest BCUT2D eigenvalue weighted by Crippen LogP contribution is -2.07. The van der Waals surface area contributed by atoms with Gasteiger partial charge in [0.25, 0.3) is 0 Å². The standard InChI is InChI=1S/C14H19N3/c1-15-10-6-5-7-13-11-16-17(12-13)14-8-3-2-4-9-14/h2-4,8-9,11-12,15H,5-7,10H2,1H3. The maximum Gasteiger partial charge on any atom is 0.0645 e. The zero-order valence-corrected chi connectivity index (χ0v) is 10.3. The molecule has 90 valence electrons. The van der Waals surface area contributed by atoms with E-state index in [1.54, 1.807) is 0 Å². The second-order valence-electron chi connectivity index (χ2n) is 4.19. The van der Waals surface area contributed by atoms with Crippen LogP contribution in [0.2, 0.25) is 0 Å². The Morgan fingerprint density at radius 1 is 1.18 bits per heavy atom. The highest BCUT2D eigenvalue weighted by Crippen LogP contribution is 2.09. The molecule has 2 aromatic rings. The molecule has 0 saturated heterocycles. The Labute approximate surface area is 102 Å². The minimum Gasteiger partial charge on any atom is -0.320 e. The third kappa shape index (κ3) is 3.43. The fraction of sp³-hybridized carbons (Fsp3) is 0.357. The normalized spacial score (nSPS) is 10.6. The third-order valence-corrected chi connectivity index (χ3v) is 2.80. The van der Waals surface area contributed by atoms with Crippen LogP contribution in [0.1, 0.15) is 18.4 Å². The first-order chi connectivity index (χ1) is 8.40. The van der Waals surface area contributed by atoms with Gasteiger partial charge in [0.05, 0.1) is 11.9 Å². The first kappa shape index (κ1) is 11.9. The lowest BCUT2D eigenvalue weighted by molar-refractivity contribution is 0.677. The van der Waals surface area contributed by atoms with Gasteiger partial charge in [0.1, 0.15) is 0 Å². The van der Waals surface area contributed by atoms with Crippen LogP contribution in [0.4, 0.5) is 0 Å². The summed E-state index contributed by atoms with van der Waals surface area (Å²) in [6, 6.07) is 10.2. The fourth-order valence-electron chi connectivity index (χ4n) is 1.84. The van der Waals surface area contributed by atoms with E-state index in [2.05, 4.69) is 28.7 Å². The predicted molar refractivity (Wildman–Crippen MR) is 70.4 cm³/mol. The van der Waals surface area contributed by atoms with Gasteiger partial charge in [-0.2, -0.15) is 5.10 Å². The van der Waals surface area contributed by atoms with Crippen molar-refractivity contribution in [3.63, 3.8) is 0 Å². The lowest BCUT2D eigenvalue weighted by Gasteiger charge is -1.99. The number of unbranched alkanes of at least 4 members (excludes halogenated alkanes) is 1. The van der Waals surface area contributed by atoms with Crippen LogP contribution < -0.4 is 5.32 Å². The number of benzene rings is 1. The average Bonchev–Trinajstić information content (AvgIpc) is 2.85.